The van der Waals surface area contributed by atoms with Gasteiger partial charge in [0, 0.05) is 0 Å². The van der Waals surface area contributed by atoms with Crippen LogP contribution in [-0.2, 0) is 8.23 Å². The van der Waals surface area contributed by atoms with Gasteiger partial charge in [-0.15, -0.1) is 0 Å². The molecule has 2 nitrogen and oxygen atoms in total. The Kier molecular flexibility index (Phi) is 5.22. The van der Waals surface area contributed by atoms with Crippen molar-refractivity contribution in [2.75, 3.05) is 0 Å². The molecule has 0 fully saturated rings. The Morgan fingerprint density at radius 3 is 1.67 bits per heavy atom. The maximum absolute atomic E-state index is 6.56. The van der Waals surface area contributed by atoms with Gasteiger partial charge in [0.25, 0.3) is 0 Å². The molecule has 0 spiro atoms. The van der Waals surface area contributed by atoms with E-state index in [0.29, 0.717) is 0 Å². The summed E-state index contributed by atoms with van der Waals surface area (Å²) < 4.78 is 13.1. The number of allylic oxidation sites excluding steroid dienone is 2. The third-order valence-electron chi connectivity index (χ3n) is 2.88. The Balaban J connectivity index is 2.96. The van der Waals surface area contributed by atoms with Crippen molar-refractivity contribution in [3.8, 4) is 0 Å². The van der Waals surface area contributed by atoms with Gasteiger partial charge in [0.15, 0.2) is 16.6 Å². The van der Waals surface area contributed by atoms with Crippen LogP contribution in [0.1, 0.15) is 25.7 Å². The monoisotopic (exact) mass is 302 g/mol. The average molecular weight is 303 g/mol. The molecule has 0 aromatic heterocycles. The van der Waals surface area contributed by atoms with Crippen LogP contribution in [0.4, 0.5) is 0 Å². The molecule has 18 heavy (non-hydrogen) atoms. The summed E-state index contributed by atoms with van der Waals surface area (Å²) in [7, 11) is -5.25. The molecule has 1 aliphatic carbocycles. The fraction of sp³-hybridized carbons (Fsp3) is 0.846. The SMILES string of the molecule is C[Si](C)(C)O[Si](C)(O[Si](C)(C)C)C1=CCCCC1. The molecule has 0 aliphatic heterocycles. The molecule has 0 unspecified atom stereocenters. The van der Waals surface area contributed by atoms with Gasteiger partial charge in [-0.25, -0.2) is 0 Å². The van der Waals surface area contributed by atoms with E-state index in [-0.39, 0.29) is 0 Å². The molecule has 0 amide bonds. The maximum Gasteiger partial charge on any atom is 0.344 e. The van der Waals surface area contributed by atoms with E-state index in [4.69, 9.17) is 8.23 Å². The van der Waals surface area contributed by atoms with Crippen LogP contribution in [0.25, 0.3) is 0 Å². The molecular weight excluding hydrogens is 272 g/mol. The van der Waals surface area contributed by atoms with E-state index >= 15 is 0 Å². The van der Waals surface area contributed by atoms with E-state index in [2.05, 4.69) is 51.9 Å². The van der Waals surface area contributed by atoms with Gasteiger partial charge in [0.2, 0.25) is 0 Å². The number of hydrogen-bond acceptors (Lipinski definition) is 2. The van der Waals surface area contributed by atoms with E-state index in [0.717, 1.165) is 0 Å². The molecule has 0 bridgehead atoms. The zero-order valence-electron chi connectivity index (χ0n) is 13.2. The van der Waals surface area contributed by atoms with Gasteiger partial charge in [-0.1, -0.05) is 6.08 Å². The second-order valence-electron chi connectivity index (χ2n) is 7.35. The highest BCUT2D eigenvalue weighted by Gasteiger charge is 2.43. The predicted octanol–water partition coefficient (Wildman–Crippen LogP) is 4.80. The molecule has 0 N–H and O–H groups in total. The van der Waals surface area contributed by atoms with Crippen molar-refractivity contribution in [1.29, 1.82) is 0 Å². The van der Waals surface area contributed by atoms with Crippen LogP contribution in [0.15, 0.2) is 11.3 Å². The van der Waals surface area contributed by atoms with Crippen LogP contribution in [-0.4, -0.2) is 25.2 Å². The zero-order valence-corrected chi connectivity index (χ0v) is 16.2. The van der Waals surface area contributed by atoms with Crippen molar-refractivity contribution in [3.05, 3.63) is 11.3 Å². The van der Waals surface area contributed by atoms with E-state index in [1.165, 1.54) is 30.9 Å². The molecule has 5 heteroatoms. The molecule has 0 heterocycles. The van der Waals surface area contributed by atoms with E-state index < -0.39 is 25.2 Å². The molecule has 0 radical (unpaired) electrons. The molecule has 1 aliphatic rings. The summed E-state index contributed by atoms with van der Waals surface area (Å²) in [6.45, 7) is 15.9. The molecule has 0 atom stereocenters. The number of hydrogen-bond donors (Lipinski definition) is 0. The summed E-state index contributed by atoms with van der Waals surface area (Å²) in [4.78, 5) is 0. The Bertz CT molecular complexity index is 297. The summed E-state index contributed by atoms with van der Waals surface area (Å²) in [5, 5.41) is 1.51. The third kappa shape index (κ3) is 5.52. The van der Waals surface area contributed by atoms with Gasteiger partial charge < -0.3 is 8.23 Å². The van der Waals surface area contributed by atoms with Crippen molar-refractivity contribution in [1.82, 2.24) is 0 Å². The summed E-state index contributed by atoms with van der Waals surface area (Å²) in [6, 6.07) is 0. The quantitative estimate of drug-likeness (QED) is 0.679. The van der Waals surface area contributed by atoms with Crippen molar-refractivity contribution in [2.24, 2.45) is 0 Å². The minimum Gasteiger partial charge on any atom is -0.434 e. The molecule has 0 aromatic carbocycles. The topological polar surface area (TPSA) is 18.5 Å². The lowest BCUT2D eigenvalue weighted by Crippen LogP contribution is -2.54. The third-order valence-corrected chi connectivity index (χ3v) is 12.5. The van der Waals surface area contributed by atoms with Crippen LogP contribution in [0.3, 0.4) is 0 Å². The molecule has 106 valence electrons. The van der Waals surface area contributed by atoms with Gasteiger partial charge >= 0.3 is 8.56 Å². The lowest BCUT2D eigenvalue weighted by molar-refractivity contribution is 0.392. The van der Waals surface area contributed by atoms with Crippen LogP contribution >= 0.6 is 0 Å². The van der Waals surface area contributed by atoms with Gasteiger partial charge in [-0.3, -0.25) is 0 Å². The summed E-state index contributed by atoms with van der Waals surface area (Å²) in [5.74, 6) is 0. The smallest absolute Gasteiger partial charge is 0.344 e. The minimum absolute atomic E-state index is 1.19. The zero-order chi connectivity index (χ0) is 14.0. The highest BCUT2D eigenvalue weighted by Crippen LogP contribution is 2.32. The largest absolute Gasteiger partial charge is 0.434 e. The van der Waals surface area contributed by atoms with Gasteiger partial charge in [-0.2, -0.15) is 0 Å². The van der Waals surface area contributed by atoms with Crippen molar-refractivity contribution < 1.29 is 8.23 Å². The van der Waals surface area contributed by atoms with Gasteiger partial charge in [-0.05, 0) is 76.7 Å². The second kappa shape index (κ2) is 5.75. The molecule has 0 aromatic rings. The van der Waals surface area contributed by atoms with Crippen LogP contribution in [0.2, 0.25) is 45.8 Å². The fourth-order valence-corrected chi connectivity index (χ4v) is 14.7. The Morgan fingerprint density at radius 1 is 0.833 bits per heavy atom. The normalized spacial score (nSPS) is 18.7. The second-order valence-corrected chi connectivity index (χ2v) is 20.0. The standard InChI is InChI=1S/C13H30O2Si3/c1-16(2,3)14-18(7,15-17(4,5)6)13-11-9-8-10-12-13/h11H,8-10,12H2,1-7H3. The van der Waals surface area contributed by atoms with E-state index in [1.807, 2.05) is 0 Å². The molecule has 0 saturated heterocycles. The van der Waals surface area contributed by atoms with Crippen LogP contribution in [0, 0.1) is 0 Å². The first-order valence-electron chi connectivity index (χ1n) is 7.12. The lowest BCUT2D eigenvalue weighted by atomic mass is 10.1. The summed E-state index contributed by atoms with van der Waals surface area (Å²) in [5.41, 5.74) is 0. The Morgan fingerprint density at radius 2 is 1.33 bits per heavy atom. The molecule has 1 rings (SSSR count). The van der Waals surface area contributed by atoms with Crippen LogP contribution < -0.4 is 0 Å². The van der Waals surface area contributed by atoms with Gasteiger partial charge in [0.05, 0.1) is 0 Å². The Hall–Kier alpha value is 0.311. The van der Waals surface area contributed by atoms with Crippen molar-refractivity contribution >= 4 is 25.2 Å². The first-order chi connectivity index (χ1) is 8.02. The first-order valence-corrected chi connectivity index (χ1v) is 16.2. The first kappa shape index (κ1) is 16.4. The fourth-order valence-electron chi connectivity index (χ4n) is 2.57. The van der Waals surface area contributed by atoms with E-state index in [9.17, 15) is 0 Å². The van der Waals surface area contributed by atoms with Crippen molar-refractivity contribution in [3.63, 3.8) is 0 Å². The summed E-state index contributed by atoms with van der Waals surface area (Å²) >= 11 is 0. The van der Waals surface area contributed by atoms with Crippen molar-refractivity contribution in [2.45, 2.75) is 71.5 Å². The number of rotatable bonds is 5. The average Bonchev–Trinajstić information content (AvgIpc) is 2.13. The lowest BCUT2D eigenvalue weighted by Gasteiger charge is -2.40. The van der Waals surface area contributed by atoms with Gasteiger partial charge in [0.1, 0.15) is 0 Å². The maximum atomic E-state index is 6.56. The Labute approximate surface area is 116 Å². The minimum atomic E-state index is -2.13. The van der Waals surface area contributed by atoms with E-state index in [1.54, 1.807) is 0 Å². The molecular formula is C13H30O2Si3. The molecule has 0 saturated carbocycles. The van der Waals surface area contributed by atoms with Crippen LogP contribution in [0.5, 0.6) is 0 Å². The predicted molar refractivity (Wildman–Crippen MR) is 87.0 cm³/mol. The summed E-state index contributed by atoms with van der Waals surface area (Å²) in [6.07, 6.45) is 7.45. The highest BCUT2D eigenvalue weighted by molar-refractivity contribution is 6.90. The highest BCUT2D eigenvalue weighted by atomic mass is 28.5.